The molecule has 1 atom stereocenters. The first-order chi connectivity index (χ1) is 17.9. The second-order valence-corrected chi connectivity index (χ2v) is 9.18. The maximum Gasteiger partial charge on any atom is 0.320 e. The molecule has 3 aromatic carbocycles. The van der Waals surface area contributed by atoms with Gasteiger partial charge in [0.05, 0.1) is 0 Å². The molecular formula is C27H26BrFN6O2. The lowest BCUT2D eigenvalue weighted by Crippen LogP contribution is -2.22. The van der Waals surface area contributed by atoms with Crippen molar-refractivity contribution < 1.29 is 13.9 Å². The molecule has 0 saturated heterocycles. The van der Waals surface area contributed by atoms with Crippen LogP contribution in [0.4, 0.5) is 27.5 Å². The number of alkyl halides is 1. The zero-order chi connectivity index (χ0) is 26.2. The molecule has 0 saturated carbocycles. The number of aromatic nitrogens is 2. The first-order valence-electron chi connectivity index (χ1n) is 11.4. The Bertz CT molecular complexity index is 1410. The van der Waals surface area contributed by atoms with Crippen LogP contribution < -0.4 is 20.7 Å². The van der Waals surface area contributed by atoms with Crippen LogP contribution in [0.5, 0.6) is 5.75 Å². The van der Waals surface area contributed by atoms with Gasteiger partial charge in [-0.2, -0.15) is 9.37 Å². The van der Waals surface area contributed by atoms with Crippen molar-refractivity contribution in [2.75, 3.05) is 36.6 Å². The number of hydrogen-bond acceptors (Lipinski definition) is 7. The number of carbonyl (C=O) groups is 1. The van der Waals surface area contributed by atoms with Crippen LogP contribution >= 0.6 is 15.9 Å². The number of nitrogens with one attached hydrogen (secondary N) is 3. The molecule has 1 unspecified atom stereocenters. The van der Waals surface area contributed by atoms with E-state index in [4.69, 9.17) is 4.74 Å². The summed E-state index contributed by atoms with van der Waals surface area (Å²) in [6, 6.07) is 20.1. The fourth-order valence-corrected chi connectivity index (χ4v) is 4.04. The smallest absolute Gasteiger partial charge is 0.320 e. The Kier molecular flexibility index (Phi) is 8.65. The Morgan fingerprint density at radius 2 is 1.95 bits per heavy atom. The van der Waals surface area contributed by atoms with Gasteiger partial charge in [0.25, 0.3) is 0 Å². The van der Waals surface area contributed by atoms with Crippen LogP contribution in [-0.4, -0.2) is 47.9 Å². The van der Waals surface area contributed by atoms with Gasteiger partial charge in [0.1, 0.15) is 11.6 Å². The third kappa shape index (κ3) is 7.73. The molecule has 3 N–H and O–H groups in total. The van der Waals surface area contributed by atoms with Crippen molar-refractivity contribution in [3.8, 4) is 5.75 Å². The van der Waals surface area contributed by atoms with Crippen molar-refractivity contribution in [2.24, 2.45) is 0 Å². The minimum absolute atomic E-state index is 0.0489. The number of benzene rings is 3. The van der Waals surface area contributed by atoms with E-state index in [-0.39, 0.29) is 17.6 Å². The fourth-order valence-electron chi connectivity index (χ4n) is 3.43. The highest BCUT2D eigenvalue weighted by atomic mass is 79.9. The van der Waals surface area contributed by atoms with E-state index in [1.54, 1.807) is 30.3 Å². The van der Waals surface area contributed by atoms with Crippen LogP contribution in [0.1, 0.15) is 0 Å². The number of hydrogen-bond donors (Lipinski definition) is 3. The van der Waals surface area contributed by atoms with Crippen molar-refractivity contribution in [3.63, 3.8) is 0 Å². The first kappa shape index (κ1) is 26.1. The summed E-state index contributed by atoms with van der Waals surface area (Å²) in [4.78, 5) is 22.4. The van der Waals surface area contributed by atoms with Gasteiger partial charge in [-0.1, -0.05) is 52.3 Å². The van der Waals surface area contributed by atoms with E-state index in [1.165, 1.54) is 18.3 Å². The molecule has 37 heavy (non-hydrogen) atoms. The number of likely N-dealkylation sites (N-methyl/N-ethyl adjacent to an activating group) is 1. The summed E-state index contributed by atoms with van der Waals surface area (Å²) in [7, 11) is 3.82. The summed E-state index contributed by atoms with van der Waals surface area (Å²) >= 11 is 3.59. The van der Waals surface area contributed by atoms with E-state index in [0.717, 1.165) is 20.9 Å². The highest BCUT2D eigenvalue weighted by Crippen LogP contribution is 2.29. The van der Waals surface area contributed by atoms with Gasteiger partial charge in [-0.25, -0.2) is 4.98 Å². The van der Waals surface area contributed by atoms with E-state index in [2.05, 4.69) is 41.8 Å². The summed E-state index contributed by atoms with van der Waals surface area (Å²) < 4.78 is 20.9. The van der Waals surface area contributed by atoms with Crippen LogP contribution in [0, 0.1) is 0 Å². The highest BCUT2D eigenvalue weighted by Gasteiger charge is 2.11. The molecule has 190 valence electrons. The standard InChI is InChI=1S/C27H26BrFN6O2/c1-35(2)14-6-11-25(36)32-19-8-5-9-21(16-19)37-26(29)34-27-30-13-12-24(33-27)31-20-15-18-7-3-4-10-22(18)23(28)17-20/h3-13,15-17,26H,14H2,1-2H3,(H,32,36)(H2,30,31,33,34)/b11-6+. The number of fused-ring (bicyclic) bond motifs is 1. The highest BCUT2D eigenvalue weighted by molar-refractivity contribution is 9.10. The summed E-state index contributed by atoms with van der Waals surface area (Å²) in [6.45, 7) is -1.28. The summed E-state index contributed by atoms with van der Waals surface area (Å²) in [5.74, 6) is 0.474. The molecule has 1 heterocycles. The molecule has 0 fully saturated rings. The maximum atomic E-state index is 14.7. The average molecular weight is 565 g/mol. The first-order valence-corrected chi connectivity index (χ1v) is 12.2. The van der Waals surface area contributed by atoms with Gasteiger partial charge in [0.15, 0.2) is 0 Å². The lowest BCUT2D eigenvalue weighted by molar-refractivity contribution is -0.111. The van der Waals surface area contributed by atoms with Gasteiger partial charge in [-0.05, 0) is 55.2 Å². The Morgan fingerprint density at radius 3 is 2.78 bits per heavy atom. The van der Waals surface area contributed by atoms with Crippen LogP contribution in [0.2, 0.25) is 0 Å². The molecule has 1 amide bonds. The van der Waals surface area contributed by atoms with E-state index in [9.17, 15) is 9.18 Å². The number of carbonyl (C=O) groups excluding carboxylic acids is 1. The normalized spacial score (nSPS) is 12.0. The van der Waals surface area contributed by atoms with Gasteiger partial charge in [-0.3, -0.25) is 10.1 Å². The molecule has 0 aliphatic heterocycles. The van der Waals surface area contributed by atoms with Crippen molar-refractivity contribution in [3.05, 3.63) is 89.6 Å². The number of rotatable bonds is 10. The zero-order valence-corrected chi connectivity index (χ0v) is 21.9. The van der Waals surface area contributed by atoms with E-state index in [0.29, 0.717) is 18.1 Å². The van der Waals surface area contributed by atoms with Crippen LogP contribution in [-0.2, 0) is 4.79 Å². The maximum absolute atomic E-state index is 14.7. The second-order valence-electron chi connectivity index (χ2n) is 8.33. The van der Waals surface area contributed by atoms with Crippen LogP contribution in [0.25, 0.3) is 10.8 Å². The zero-order valence-electron chi connectivity index (χ0n) is 20.3. The van der Waals surface area contributed by atoms with Gasteiger partial charge in [0.2, 0.25) is 11.9 Å². The fraction of sp³-hybridized carbons (Fsp3) is 0.148. The quantitative estimate of drug-likeness (QED) is 0.125. The minimum atomic E-state index is -1.92. The van der Waals surface area contributed by atoms with Crippen LogP contribution in [0.3, 0.4) is 0 Å². The number of anilines is 4. The Hall–Kier alpha value is -4.02. The molecule has 0 spiro atoms. The van der Waals surface area contributed by atoms with Crippen molar-refractivity contribution in [2.45, 2.75) is 6.48 Å². The van der Waals surface area contributed by atoms with Gasteiger partial charge in [-0.15, -0.1) is 0 Å². The van der Waals surface area contributed by atoms with Gasteiger partial charge < -0.3 is 20.3 Å². The van der Waals surface area contributed by atoms with E-state index in [1.807, 2.05) is 55.4 Å². The van der Waals surface area contributed by atoms with E-state index < -0.39 is 6.48 Å². The SMILES string of the molecule is CN(C)C/C=C/C(=O)Nc1cccc(OC(F)Nc2nccc(Nc3cc(Br)c4ccccc4c3)n2)c1. The molecule has 0 radical (unpaired) electrons. The number of amides is 1. The summed E-state index contributed by atoms with van der Waals surface area (Å²) in [5, 5.41) is 10.6. The third-order valence-electron chi connectivity index (χ3n) is 5.06. The molecule has 0 bridgehead atoms. The lowest BCUT2D eigenvalue weighted by atomic mass is 10.1. The predicted molar refractivity (Wildman–Crippen MR) is 149 cm³/mol. The Labute approximate surface area is 222 Å². The topological polar surface area (TPSA) is 91.4 Å². The van der Waals surface area contributed by atoms with Crippen molar-refractivity contribution in [1.29, 1.82) is 0 Å². The minimum Gasteiger partial charge on any atom is -0.443 e. The third-order valence-corrected chi connectivity index (χ3v) is 5.72. The Balaban J connectivity index is 1.36. The van der Waals surface area contributed by atoms with Crippen molar-refractivity contribution in [1.82, 2.24) is 14.9 Å². The predicted octanol–water partition coefficient (Wildman–Crippen LogP) is 5.94. The second kappa shape index (κ2) is 12.3. The Morgan fingerprint density at radius 1 is 1.11 bits per heavy atom. The molecule has 8 nitrogen and oxygen atoms in total. The van der Waals surface area contributed by atoms with Gasteiger partial charge >= 0.3 is 6.48 Å². The number of halogens is 2. The molecular weight excluding hydrogens is 539 g/mol. The molecule has 1 aromatic heterocycles. The molecule has 0 aliphatic carbocycles. The largest absolute Gasteiger partial charge is 0.443 e. The summed E-state index contributed by atoms with van der Waals surface area (Å²) in [6.07, 6.45) is 4.71. The lowest BCUT2D eigenvalue weighted by Gasteiger charge is -2.14. The molecule has 4 aromatic rings. The average Bonchev–Trinajstić information content (AvgIpc) is 2.84. The summed E-state index contributed by atoms with van der Waals surface area (Å²) in [5.41, 5.74) is 1.30. The molecule has 0 aliphatic rings. The van der Waals surface area contributed by atoms with Crippen molar-refractivity contribution >= 4 is 55.8 Å². The molecule has 4 rings (SSSR count). The molecule has 10 heteroatoms. The number of ether oxygens (including phenoxy) is 1. The number of nitrogens with zero attached hydrogens (tertiary/aromatic N) is 3. The van der Waals surface area contributed by atoms with Gasteiger partial charge in [0, 0.05) is 40.7 Å². The van der Waals surface area contributed by atoms with E-state index >= 15 is 0 Å². The van der Waals surface area contributed by atoms with Crippen LogP contribution in [0.15, 0.2) is 89.6 Å². The monoisotopic (exact) mass is 564 g/mol.